The number of methoxy groups -OCH3 is 1. The van der Waals surface area contributed by atoms with Crippen molar-refractivity contribution in [3.63, 3.8) is 0 Å². The molecular formula is C23H19N3O3S. The average Bonchev–Trinajstić information content (AvgIpc) is 2.80. The van der Waals surface area contributed by atoms with Crippen molar-refractivity contribution in [1.82, 2.24) is 10.2 Å². The summed E-state index contributed by atoms with van der Waals surface area (Å²) in [5.74, 6) is 0.432. The van der Waals surface area contributed by atoms with Crippen molar-refractivity contribution in [2.24, 2.45) is 0 Å². The standard InChI is InChI=1S/C23H19N3O3S/c1-29-23-16-15-22(24-25-23)19-7-11-20(12-8-19)26-30(27,28)21-13-9-18(10-14-21)17-5-3-2-4-6-17/h2-16,26H,1H3. The summed E-state index contributed by atoms with van der Waals surface area (Å²) in [6.45, 7) is 0. The van der Waals surface area contributed by atoms with E-state index in [-0.39, 0.29) is 4.90 Å². The van der Waals surface area contributed by atoms with E-state index in [4.69, 9.17) is 4.74 Å². The molecule has 0 spiro atoms. The minimum Gasteiger partial charge on any atom is -0.480 e. The quantitative estimate of drug-likeness (QED) is 0.495. The lowest BCUT2D eigenvalue weighted by Gasteiger charge is -2.10. The van der Waals surface area contributed by atoms with Gasteiger partial charge in [-0.15, -0.1) is 10.2 Å². The zero-order valence-corrected chi connectivity index (χ0v) is 17.0. The lowest BCUT2D eigenvalue weighted by molar-refractivity contribution is 0.392. The highest BCUT2D eigenvalue weighted by molar-refractivity contribution is 7.92. The smallest absolute Gasteiger partial charge is 0.261 e. The van der Waals surface area contributed by atoms with Crippen LogP contribution in [0.1, 0.15) is 0 Å². The maximum Gasteiger partial charge on any atom is 0.261 e. The molecule has 0 unspecified atom stereocenters. The Labute approximate surface area is 175 Å². The summed E-state index contributed by atoms with van der Waals surface area (Å²) >= 11 is 0. The van der Waals surface area contributed by atoms with Gasteiger partial charge in [-0.2, -0.15) is 0 Å². The molecular weight excluding hydrogens is 398 g/mol. The van der Waals surface area contributed by atoms with E-state index in [1.807, 2.05) is 30.3 Å². The molecule has 0 radical (unpaired) electrons. The molecule has 0 amide bonds. The first-order valence-corrected chi connectivity index (χ1v) is 10.7. The van der Waals surface area contributed by atoms with Crippen LogP contribution in [0.5, 0.6) is 5.88 Å². The van der Waals surface area contributed by atoms with Gasteiger partial charge in [0.25, 0.3) is 10.0 Å². The molecule has 7 heteroatoms. The Morgan fingerprint density at radius 1 is 0.700 bits per heavy atom. The lowest BCUT2D eigenvalue weighted by atomic mass is 10.1. The summed E-state index contributed by atoms with van der Waals surface area (Å²) in [6.07, 6.45) is 0. The molecule has 1 N–H and O–H groups in total. The Hall–Kier alpha value is -3.71. The Morgan fingerprint density at radius 3 is 1.93 bits per heavy atom. The second-order valence-corrected chi connectivity index (χ2v) is 8.22. The minimum atomic E-state index is -3.69. The van der Waals surface area contributed by atoms with Crippen LogP contribution >= 0.6 is 0 Å². The largest absolute Gasteiger partial charge is 0.480 e. The van der Waals surface area contributed by atoms with Crippen molar-refractivity contribution in [3.8, 4) is 28.3 Å². The predicted octanol–water partition coefficient (Wildman–Crippen LogP) is 4.62. The zero-order chi connectivity index (χ0) is 21.0. The van der Waals surface area contributed by atoms with Crippen molar-refractivity contribution in [2.45, 2.75) is 4.90 Å². The summed E-state index contributed by atoms with van der Waals surface area (Å²) in [7, 11) is -2.17. The molecule has 150 valence electrons. The average molecular weight is 417 g/mol. The highest BCUT2D eigenvalue weighted by Crippen LogP contribution is 2.24. The Bertz CT molecular complexity index is 1220. The summed E-state index contributed by atoms with van der Waals surface area (Å²) in [5, 5.41) is 8.03. The fraction of sp³-hybridized carbons (Fsp3) is 0.0435. The van der Waals surface area contributed by atoms with E-state index in [9.17, 15) is 8.42 Å². The second-order valence-electron chi connectivity index (χ2n) is 6.53. The van der Waals surface area contributed by atoms with Gasteiger partial charge in [-0.1, -0.05) is 54.6 Å². The summed E-state index contributed by atoms with van der Waals surface area (Å²) in [4.78, 5) is 0.201. The Kier molecular flexibility index (Phi) is 5.45. The molecule has 0 saturated carbocycles. The molecule has 0 aliphatic heterocycles. The number of aromatic nitrogens is 2. The van der Waals surface area contributed by atoms with Crippen LogP contribution in [-0.2, 0) is 10.0 Å². The third-order valence-corrected chi connectivity index (χ3v) is 5.95. The minimum absolute atomic E-state index is 0.201. The van der Waals surface area contributed by atoms with E-state index >= 15 is 0 Å². The van der Waals surface area contributed by atoms with Crippen molar-refractivity contribution in [3.05, 3.63) is 91.0 Å². The van der Waals surface area contributed by atoms with Gasteiger partial charge in [0, 0.05) is 17.3 Å². The Morgan fingerprint density at radius 2 is 1.33 bits per heavy atom. The molecule has 0 fully saturated rings. The van der Waals surface area contributed by atoms with Gasteiger partial charge in [-0.05, 0) is 41.5 Å². The molecule has 6 nitrogen and oxygen atoms in total. The SMILES string of the molecule is COc1ccc(-c2ccc(NS(=O)(=O)c3ccc(-c4ccccc4)cc3)cc2)nn1. The van der Waals surface area contributed by atoms with Crippen molar-refractivity contribution in [2.75, 3.05) is 11.8 Å². The molecule has 4 aromatic rings. The highest BCUT2D eigenvalue weighted by atomic mass is 32.2. The summed E-state index contributed by atoms with van der Waals surface area (Å²) in [6, 6.07) is 27.1. The number of nitrogens with zero attached hydrogens (tertiary/aromatic N) is 2. The number of benzene rings is 3. The lowest BCUT2D eigenvalue weighted by Crippen LogP contribution is -2.12. The van der Waals surface area contributed by atoms with Gasteiger partial charge in [0.1, 0.15) is 0 Å². The number of sulfonamides is 1. The predicted molar refractivity (Wildman–Crippen MR) is 117 cm³/mol. The zero-order valence-electron chi connectivity index (χ0n) is 16.2. The number of rotatable bonds is 6. The normalized spacial score (nSPS) is 11.1. The van der Waals surface area contributed by atoms with Crippen LogP contribution in [0.15, 0.2) is 95.9 Å². The van der Waals surface area contributed by atoms with E-state index in [0.29, 0.717) is 17.3 Å². The van der Waals surface area contributed by atoms with Crippen LogP contribution in [0.4, 0.5) is 5.69 Å². The van der Waals surface area contributed by atoms with Crippen LogP contribution in [0, 0.1) is 0 Å². The molecule has 0 aliphatic carbocycles. The molecule has 4 rings (SSSR count). The van der Waals surface area contributed by atoms with Gasteiger partial charge in [0.05, 0.1) is 17.7 Å². The van der Waals surface area contributed by atoms with E-state index in [2.05, 4.69) is 14.9 Å². The fourth-order valence-corrected chi connectivity index (χ4v) is 4.02. The topological polar surface area (TPSA) is 81.2 Å². The maximum atomic E-state index is 12.7. The maximum absolute atomic E-state index is 12.7. The van der Waals surface area contributed by atoms with Crippen LogP contribution < -0.4 is 9.46 Å². The third-order valence-electron chi connectivity index (χ3n) is 4.55. The van der Waals surface area contributed by atoms with Gasteiger partial charge < -0.3 is 4.74 Å². The van der Waals surface area contributed by atoms with Gasteiger partial charge >= 0.3 is 0 Å². The number of anilines is 1. The van der Waals surface area contributed by atoms with Crippen molar-refractivity contribution in [1.29, 1.82) is 0 Å². The summed E-state index contributed by atoms with van der Waals surface area (Å²) < 4.78 is 33.1. The highest BCUT2D eigenvalue weighted by Gasteiger charge is 2.14. The first-order chi connectivity index (χ1) is 14.5. The van der Waals surface area contributed by atoms with Crippen LogP contribution in [-0.4, -0.2) is 25.7 Å². The van der Waals surface area contributed by atoms with Crippen molar-refractivity contribution < 1.29 is 13.2 Å². The van der Waals surface area contributed by atoms with E-state index < -0.39 is 10.0 Å². The Balaban J connectivity index is 1.50. The molecule has 0 atom stereocenters. The van der Waals surface area contributed by atoms with E-state index in [1.165, 1.54) is 7.11 Å². The summed E-state index contributed by atoms with van der Waals surface area (Å²) in [5.41, 5.74) is 3.94. The molecule has 0 saturated heterocycles. The first kappa shape index (κ1) is 19.6. The number of ether oxygens (including phenoxy) is 1. The van der Waals surface area contributed by atoms with Crippen molar-refractivity contribution >= 4 is 15.7 Å². The van der Waals surface area contributed by atoms with Gasteiger partial charge in [0.15, 0.2) is 0 Å². The van der Waals surface area contributed by atoms with Gasteiger partial charge in [-0.3, -0.25) is 4.72 Å². The fourth-order valence-electron chi connectivity index (χ4n) is 2.96. The van der Waals surface area contributed by atoms with Gasteiger partial charge in [-0.25, -0.2) is 8.42 Å². The molecule has 0 bridgehead atoms. The van der Waals surface area contributed by atoms with Gasteiger partial charge in [0.2, 0.25) is 5.88 Å². The van der Waals surface area contributed by atoms with E-state index in [0.717, 1.165) is 16.7 Å². The first-order valence-electron chi connectivity index (χ1n) is 9.22. The second kappa shape index (κ2) is 8.34. The monoisotopic (exact) mass is 417 g/mol. The molecule has 1 aromatic heterocycles. The molecule has 0 aliphatic rings. The van der Waals surface area contributed by atoms with Crippen LogP contribution in [0.2, 0.25) is 0 Å². The number of hydrogen-bond donors (Lipinski definition) is 1. The molecule has 1 heterocycles. The molecule has 3 aromatic carbocycles. The van der Waals surface area contributed by atoms with E-state index in [1.54, 1.807) is 60.7 Å². The van der Waals surface area contributed by atoms with Crippen LogP contribution in [0.3, 0.4) is 0 Å². The third kappa shape index (κ3) is 4.31. The van der Waals surface area contributed by atoms with Crippen LogP contribution in [0.25, 0.3) is 22.4 Å². The molecule has 30 heavy (non-hydrogen) atoms. The number of hydrogen-bond acceptors (Lipinski definition) is 5. The number of nitrogens with one attached hydrogen (secondary N) is 1.